The van der Waals surface area contributed by atoms with Crippen LogP contribution in [0.1, 0.15) is 12.5 Å². The van der Waals surface area contributed by atoms with Crippen LogP contribution in [-0.2, 0) is 14.4 Å². The summed E-state index contributed by atoms with van der Waals surface area (Å²) in [5.74, 6) is -1.21. The highest BCUT2D eigenvalue weighted by molar-refractivity contribution is 6.01. The lowest BCUT2D eigenvalue weighted by atomic mass is 10.1. The molecule has 8 nitrogen and oxygen atoms in total. The van der Waals surface area contributed by atoms with E-state index in [4.69, 9.17) is 14.6 Å². The maximum absolute atomic E-state index is 11.9. The predicted molar refractivity (Wildman–Crippen MR) is 75.0 cm³/mol. The molecule has 8 heteroatoms. The Morgan fingerprint density at radius 1 is 1.27 bits per heavy atom. The Morgan fingerprint density at radius 2 is 2.00 bits per heavy atom. The monoisotopic (exact) mass is 306 g/mol. The summed E-state index contributed by atoms with van der Waals surface area (Å²) < 4.78 is 10.4. The van der Waals surface area contributed by atoms with Crippen LogP contribution >= 0.6 is 0 Å². The van der Waals surface area contributed by atoms with Crippen molar-refractivity contribution >= 4 is 23.9 Å². The molecule has 22 heavy (non-hydrogen) atoms. The first-order valence-electron chi connectivity index (χ1n) is 6.34. The lowest BCUT2D eigenvalue weighted by molar-refractivity contribution is -0.137. The number of carboxylic acids is 1. The third kappa shape index (κ3) is 3.98. The molecule has 0 atom stereocenters. The second-order valence-electron chi connectivity index (χ2n) is 4.43. The standard InChI is InChI=1S/C14H14N2O6/c1-8(17)16-10(14(20)15-6-13(18)19)4-9-2-3-11-12(5-9)22-7-21-11/h2-5H,6-7H2,1H3,(H,15,20)(H,16,17)(H,18,19)/b10-4+. The van der Waals surface area contributed by atoms with Crippen LogP contribution in [0.15, 0.2) is 23.9 Å². The number of aliphatic carboxylic acids is 1. The fourth-order valence-corrected chi connectivity index (χ4v) is 1.77. The molecule has 0 radical (unpaired) electrons. The molecule has 2 rings (SSSR count). The molecule has 0 unspecified atom stereocenters. The van der Waals surface area contributed by atoms with Gasteiger partial charge in [-0.15, -0.1) is 0 Å². The number of hydrogen-bond donors (Lipinski definition) is 3. The van der Waals surface area contributed by atoms with E-state index in [9.17, 15) is 14.4 Å². The van der Waals surface area contributed by atoms with Crippen LogP contribution in [0.25, 0.3) is 6.08 Å². The van der Waals surface area contributed by atoms with Gasteiger partial charge in [-0.3, -0.25) is 14.4 Å². The second kappa shape index (κ2) is 6.61. The van der Waals surface area contributed by atoms with Crippen molar-refractivity contribution in [3.05, 3.63) is 29.5 Å². The Bertz CT molecular complexity index is 653. The summed E-state index contributed by atoms with van der Waals surface area (Å²) in [6.07, 6.45) is 1.42. The smallest absolute Gasteiger partial charge is 0.322 e. The van der Waals surface area contributed by atoms with Gasteiger partial charge in [0.1, 0.15) is 12.2 Å². The van der Waals surface area contributed by atoms with E-state index in [1.165, 1.54) is 13.0 Å². The fourth-order valence-electron chi connectivity index (χ4n) is 1.77. The predicted octanol–water partition coefficient (Wildman–Crippen LogP) is 0.0931. The summed E-state index contributed by atoms with van der Waals surface area (Å²) in [7, 11) is 0. The lowest BCUT2D eigenvalue weighted by Gasteiger charge is -2.08. The summed E-state index contributed by atoms with van der Waals surface area (Å²) in [4.78, 5) is 33.6. The summed E-state index contributed by atoms with van der Waals surface area (Å²) >= 11 is 0. The zero-order valence-electron chi connectivity index (χ0n) is 11.7. The van der Waals surface area contributed by atoms with Crippen molar-refractivity contribution in [2.24, 2.45) is 0 Å². The quantitative estimate of drug-likeness (QED) is 0.664. The first kappa shape index (κ1) is 15.4. The van der Waals surface area contributed by atoms with Crippen LogP contribution < -0.4 is 20.1 Å². The summed E-state index contributed by atoms with van der Waals surface area (Å²) in [5.41, 5.74) is 0.533. The Morgan fingerprint density at radius 3 is 2.68 bits per heavy atom. The average molecular weight is 306 g/mol. The second-order valence-corrected chi connectivity index (χ2v) is 4.43. The minimum absolute atomic E-state index is 0.0624. The highest BCUT2D eigenvalue weighted by Gasteiger charge is 2.15. The summed E-state index contributed by atoms with van der Waals surface area (Å²) in [6, 6.07) is 5.00. The molecule has 116 valence electrons. The zero-order chi connectivity index (χ0) is 16.1. The summed E-state index contributed by atoms with van der Waals surface area (Å²) in [5, 5.41) is 13.1. The van der Waals surface area contributed by atoms with Gasteiger partial charge in [0.05, 0.1) is 0 Å². The molecule has 0 fully saturated rings. The molecule has 0 saturated heterocycles. The van der Waals surface area contributed by atoms with E-state index in [2.05, 4.69) is 10.6 Å². The minimum Gasteiger partial charge on any atom is -0.480 e. The van der Waals surface area contributed by atoms with E-state index in [-0.39, 0.29) is 12.5 Å². The van der Waals surface area contributed by atoms with Gasteiger partial charge < -0.3 is 25.2 Å². The van der Waals surface area contributed by atoms with Gasteiger partial charge in [0, 0.05) is 6.92 Å². The third-order valence-electron chi connectivity index (χ3n) is 2.66. The maximum Gasteiger partial charge on any atom is 0.322 e. The molecule has 2 amide bonds. The number of amides is 2. The van der Waals surface area contributed by atoms with E-state index in [1.54, 1.807) is 18.2 Å². The van der Waals surface area contributed by atoms with E-state index in [1.807, 2.05) is 0 Å². The van der Waals surface area contributed by atoms with Crippen LogP contribution in [0.2, 0.25) is 0 Å². The van der Waals surface area contributed by atoms with E-state index < -0.39 is 24.3 Å². The number of carboxylic acid groups (broad SMARTS) is 1. The molecule has 1 heterocycles. The van der Waals surface area contributed by atoms with Crippen molar-refractivity contribution < 1.29 is 29.0 Å². The normalized spacial score (nSPS) is 12.7. The number of hydrogen-bond acceptors (Lipinski definition) is 5. The van der Waals surface area contributed by atoms with Gasteiger partial charge in [0.15, 0.2) is 11.5 Å². The highest BCUT2D eigenvalue weighted by atomic mass is 16.7. The first-order chi connectivity index (χ1) is 10.5. The zero-order valence-corrected chi connectivity index (χ0v) is 11.7. The van der Waals surface area contributed by atoms with Crippen LogP contribution in [0.3, 0.4) is 0 Å². The molecule has 1 aliphatic rings. The molecule has 0 aromatic heterocycles. The van der Waals surface area contributed by atoms with E-state index in [0.29, 0.717) is 17.1 Å². The van der Waals surface area contributed by atoms with Crippen molar-refractivity contribution in [2.45, 2.75) is 6.92 Å². The molecule has 1 aromatic carbocycles. The Hall–Kier alpha value is -3.03. The number of rotatable bonds is 5. The molecule has 0 bridgehead atoms. The number of fused-ring (bicyclic) bond motifs is 1. The molecule has 3 N–H and O–H groups in total. The molecule has 0 saturated carbocycles. The highest BCUT2D eigenvalue weighted by Crippen LogP contribution is 2.32. The van der Waals surface area contributed by atoms with Crippen molar-refractivity contribution in [2.75, 3.05) is 13.3 Å². The number of carbonyl (C=O) groups excluding carboxylic acids is 2. The van der Waals surface area contributed by atoms with Gasteiger partial charge >= 0.3 is 5.97 Å². The minimum atomic E-state index is -1.18. The van der Waals surface area contributed by atoms with E-state index in [0.717, 1.165) is 0 Å². The molecular weight excluding hydrogens is 292 g/mol. The van der Waals surface area contributed by atoms with Crippen LogP contribution in [0, 0.1) is 0 Å². The molecule has 0 spiro atoms. The Balaban J connectivity index is 2.21. The van der Waals surface area contributed by atoms with Crippen molar-refractivity contribution in [3.63, 3.8) is 0 Å². The Kier molecular flexibility index (Phi) is 4.62. The third-order valence-corrected chi connectivity index (χ3v) is 2.66. The molecular formula is C14H14N2O6. The SMILES string of the molecule is CC(=O)N/C(=C/c1ccc2c(c1)OCO2)C(=O)NCC(=O)O. The number of ether oxygens (including phenoxy) is 2. The fraction of sp³-hybridized carbons (Fsp3) is 0.214. The topological polar surface area (TPSA) is 114 Å². The van der Waals surface area contributed by atoms with Gasteiger partial charge in [0.25, 0.3) is 5.91 Å². The maximum atomic E-state index is 11.9. The van der Waals surface area contributed by atoms with Gasteiger partial charge in [-0.25, -0.2) is 0 Å². The van der Waals surface area contributed by atoms with Crippen molar-refractivity contribution in [3.8, 4) is 11.5 Å². The first-order valence-corrected chi connectivity index (χ1v) is 6.34. The lowest BCUT2D eigenvalue weighted by Crippen LogP contribution is -2.36. The number of carbonyl (C=O) groups is 3. The van der Waals surface area contributed by atoms with Crippen LogP contribution in [0.5, 0.6) is 11.5 Å². The average Bonchev–Trinajstić information content (AvgIpc) is 2.91. The van der Waals surface area contributed by atoms with Crippen LogP contribution in [-0.4, -0.2) is 36.2 Å². The van der Waals surface area contributed by atoms with E-state index >= 15 is 0 Å². The summed E-state index contributed by atoms with van der Waals surface area (Å²) in [6.45, 7) is 0.828. The van der Waals surface area contributed by atoms with Crippen molar-refractivity contribution in [1.29, 1.82) is 0 Å². The Labute approximate surface area is 125 Å². The van der Waals surface area contributed by atoms with Gasteiger partial charge in [0.2, 0.25) is 12.7 Å². The largest absolute Gasteiger partial charge is 0.480 e. The van der Waals surface area contributed by atoms with Crippen LogP contribution in [0.4, 0.5) is 0 Å². The van der Waals surface area contributed by atoms with Gasteiger partial charge in [-0.2, -0.15) is 0 Å². The van der Waals surface area contributed by atoms with Gasteiger partial charge in [-0.1, -0.05) is 6.07 Å². The number of benzene rings is 1. The molecule has 1 aromatic rings. The molecule has 0 aliphatic carbocycles. The molecule has 1 aliphatic heterocycles. The van der Waals surface area contributed by atoms with Gasteiger partial charge in [-0.05, 0) is 23.8 Å². The number of nitrogens with one attached hydrogen (secondary N) is 2. The van der Waals surface area contributed by atoms with Crippen molar-refractivity contribution in [1.82, 2.24) is 10.6 Å².